The molecule has 0 unspecified atom stereocenters. The van der Waals surface area contributed by atoms with Gasteiger partial charge in [-0.2, -0.15) is 0 Å². The second-order valence-corrected chi connectivity index (χ2v) is 7.67. The van der Waals surface area contributed by atoms with Crippen LogP contribution in [0.1, 0.15) is 13.8 Å². The molecule has 0 aliphatic rings. The van der Waals surface area contributed by atoms with Gasteiger partial charge >= 0.3 is 0 Å². The molecule has 0 heterocycles. The van der Waals surface area contributed by atoms with Crippen LogP contribution < -0.4 is 10.6 Å². The minimum absolute atomic E-state index is 0.0134. The van der Waals surface area contributed by atoms with Crippen LogP contribution in [-0.2, 0) is 9.84 Å². The summed E-state index contributed by atoms with van der Waals surface area (Å²) in [5.41, 5.74) is -0.0267. The Morgan fingerprint density at radius 3 is 1.36 bits per heavy atom. The molecule has 0 bridgehead atoms. The highest BCUT2D eigenvalue weighted by Gasteiger charge is 2.28. The number of rotatable bonds is 6. The smallest absolute Gasteiger partial charge is 0.241 e. The van der Waals surface area contributed by atoms with E-state index in [1.165, 1.54) is 48.5 Å². The van der Waals surface area contributed by atoms with Crippen LogP contribution >= 0.6 is 0 Å². The molecule has 2 aromatic carbocycles. The summed E-state index contributed by atoms with van der Waals surface area (Å²) >= 11 is 0. The van der Waals surface area contributed by atoms with Crippen molar-refractivity contribution in [2.24, 2.45) is 0 Å². The normalized spacial score (nSPS) is 12.7. The first kappa shape index (κ1) is 19.2. The van der Waals surface area contributed by atoms with E-state index in [4.69, 9.17) is 0 Å². The van der Waals surface area contributed by atoms with Crippen molar-refractivity contribution in [3.05, 3.63) is 48.5 Å². The molecule has 2 rings (SSSR count). The highest BCUT2D eigenvalue weighted by molar-refractivity contribution is 7.91. The maximum Gasteiger partial charge on any atom is 0.241 e. The fraction of sp³-hybridized carbons (Fsp3) is 0.250. The Morgan fingerprint density at radius 2 is 1.04 bits per heavy atom. The van der Waals surface area contributed by atoms with E-state index in [0.29, 0.717) is 0 Å². The number of hydrogen-bond acceptors (Lipinski definition) is 8. The van der Waals surface area contributed by atoms with Gasteiger partial charge in [-0.05, 0) is 24.3 Å². The molecule has 136 valence electrons. The van der Waals surface area contributed by atoms with Crippen LogP contribution in [-0.4, -0.2) is 40.7 Å². The highest BCUT2D eigenvalue weighted by atomic mass is 32.2. The summed E-state index contributed by atoms with van der Waals surface area (Å²) in [6.45, 7) is 2.10. The number of sulfone groups is 1. The van der Waals surface area contributed by atoms with Crippen molar-refractivity contribution in [2.45, 2.75) is 35.5 Å². The van der Waals surface area contributed by atoms with E-state index in [2.05, 4.69) is 10.6 Å². The van der Waals surface area contributed by atoms with Gasteiger partial charge in [-0.15, -0.1) is 0 Å². The number of anilines is 2. The first-order chi connectivity index (χ1) is 11.4. The van der Waals surface area contributed by atoms with Crippen LogP contribution in [0.15, 0.2) is 58.3 Å². The molecule has 0 fully saturated rings. The molecule has 0 saturated heterocycles. The van der Waals surface area contributed by atoms with Crippen LogP contribution in [0, 0.1) is 0 Å². The second-order valence-electron chi connectivity index (χ2n) is 5.79. The summed E-state index contributed by atoms with van der Waals surface area (Å²) in [5, 5.41) is 42.7. The molecule has 0 radical (unpaired) electrons. The third kappa shape index (κ3) is 4.91. The van der Waals surface area contributed by atoms with Gasteiger partial charge in [-0.3, -0.25) is 0 Å². The molecule has 2 aromatic rings. The number of para-hydroxylation sites is 2. The lowest BCUT2D eigenvalue weighted by Crippen LogP contribution is -2.34. The van der Waals surface area contributed by atoms with Gasteiger partial charge in [0, 0.05) is 13.8 Å². The van der Waals surface area contributed by atoms with Crippen molar-refractivity contribution < 1.29 is 28.8 Å². The molecule has 0 amide bonds. The van der Waals surface area contributed by atoms with E-state index < -0.39 is 21.7 Å². The molecule has 9 heteroatoms. The first-order valence-electron chi connectivity index (χ1n) is 7.29. The van der Waals surface area contributed by atoms with Crippen LogP contribution in [0.2, 0.25) is 0 Å². The summed E-state index contributed by atoms with van der Waals surface area (Å²) in [6.07, 6.45) is 0. The van der Waals surface area contributed by atoms with E-state index >= 15 is 0 Å². The highest BCUT2D eigenvalue weighted by Crippen LogP contribution is 2.33. The van der Waals surface area contributed by atoms with Gasteiger partial charge in [-0.1, -0.05) is 24.3 Å². The largest absolute Gasteiger partial charge is 0.349 e. The zero-order valence-corrected chi connectivity index (χ0v) is 14.4. The zero-order valence-electron chi connectivity index (χ0n) is 13.6. The summed E-state index contributed by atoms with van der Waals surface area (Å²) in [7, 11) is -4.11. The molecule has 6 N–H and O–H groups in total. The third-order valence-corrected chi connectivity index (χ3v) is 4.97. The average Bonchev–Trinajstić information content (AvgIpc) is 2.44. The van der Waals surface area contributed by atoms with Gasteiger partial charge in [0.05, 0.1) is 21.2 Å². The van der Waals surface area contributed by atoms with E-state index in [-0.39, 0.29) is 21.2 Å². The zero-order chi connectivity index (χ0) is 18.9. The molecular weight excluding hydrogens is 348 g/mol. The molecule has 25 heavy (non-hydrogen) atoms. The summed E-state index contributed by atoms with van der Waals surface area (Å²) < 4.78 is 26.1. The molecule has 0 spiro atoms. The van der Waals surface area contributed by atoms with Crippen molar-refractivity contribution >= 4 is 21.2 Å². The Labute approximate surface area is 145 Å². The molecule has 0 saturated carbocycles. The molecule has 0 aliphatic heterocycles. The van der Waals surface area contributed by atoms with Crippen LogP contribution in [0.4, 0.5) is 11.4 Å². The topological polar surface area (TPSA) is 139 Å². The minimum Gasteiger partial charge on any atom is -0.349 e. The van der Waals surface area contributed by atoms with E-state index in [0.717, 1.165) is 13.8 Å². The van der Waals surface area contributed by atoms with Crippen LogP contribution in [0.3, 0.4) is 0 Å². The summed E-state index contributed by atoms with van der Waals surface area (Å²) in [5.74, 6) is -4.64. The van der Waals surface area contributed by atoms with Crippen molar-refractivity contribution in [3.8, 4) is 0 Å². The van der Waals surface area contributed by atoms with Crippen molar-refractivity contribution in [3.63, 3.8) is 0 Å². The van der Waals surface area contributed by atoms with E-state index in [1.54, 1.807) is 0 Å². The Morgan fingerprint density at radius 1 is 0.720 bits per heavy atom. The predicted octanol–water partition coefficient (Wildman–Crippen LogP) is 0.660. The van der Waals surface area contributed by atoms with Gasteiger partial charge in [0.25, 0.3) is 0 Å². The van der Waals surface area contributed by atoms with E-state index in [1.807, 2.05) is 0 Å². The van der Waals surface area contributed by atoms with Crippen molar-refractivity contribution in [1.82, 2.24) is 0 Å². The SMILES string of the molecule is CC(O)(O)Nc1ccccc1S(=O)(=O)c1ccccc1NC(C)(O)O. The molecule has 8 nitrogen and oxygen atoms in total. The molecule has 0 aromatic heterocycles. The minimum atomic E-state index is -4.11. The maximum absolute atomic E-state index is 13.0. The average molecular weight is 368 g/mol. The first-order valence-corrected chi connectivity index (χ1v) is 8.77. The van der Waals surface area contributed by atoms with Crippen molar-refractivity contribution in [1.29, 1.82) is 0 Å². The molecular formula is C16H20N2O6S. The summed E-state index contributed by atoms with van der Waals surface area (Å²) in [4.78, 5) is -0.396. The standard InChI is InChI=1S/C16H20N2O6S/c1-15(19,20)17-11-7-3-5-9-13(11)25(23,24)14-10-6-4-8-12(14)18-16(2,21)22/h3-10,17-22H,1-2H3. The Balaban J connectivity index is 2.58. The lowest BCUT2D eigenvalue weighted by atomic mass is 10.3. The number of hydrogen-bond donors (Lipinski definition) is 6. The van der Waals surface area contributed by atoms with Gasteiger partial charge in [-0.25, -0.2) is 8.42 Å². The molecule has 0 atom stereocenters. The van der Waals surface area contributed by atoms with Gasteiger partial charge in [0.1, 0.15) is 0 Å². The van der Waals surface area contributed by atoms with Gasteiger partial charge in [0.15, 0.2) is 0 Å². The quantitative estimate of drug-likeness (QED) is 0.409. The van der Waals surface area contributed by atoms with Crippen LogP contribution in [0.5, 0.6) is 0 Å². The monoisotopic (exact) mass is 368 g/mol. The molecule has 0 aliphatic carbocycles. The van der Waals surface area contributed by atoms with Crippen LogP contribution in [0.25, 0.3) is 0 Å². The Hall–Kier alpha value is -2.17. The number of aliphatic hydroxyl groups is 4. The number of nitrogens with one attached hydrogen (secondary N) is 2. The van der Waals surface area contributed by atoms with Crippen molar-refractivity contribution in [2.75, 3.05) is 10.6 Å². The fourth-order valence-electron chi connectivity index (χ4n) is 2.24. The van der Waals surface area contributed by atoms with E-state index in [9.17, 15) is 28.8 Å². The fourth-order valence-corrected chi connectivity index (χ4v) is 3.81. The lowest BCUT2D eigenvalue weighted by Gasteiger charge is -2.23. The maximum atomic E-state index is 13.0. The number of benzene rings is 2. The third-order valence-electron chi connectivity index (χ3n) is 3.10. The van der Waals surface area contributed by atoms with Gasteiger partial charge < -0.3 is 31.1 Å². The predicted molar refractivity (Wildman–Crippen MR) is 91.3 cm³/mol. The second kappa shape index (κ2) is 6.62. The van der Waals surface area contributed by atoms with Gasteiger partial charge in [0.2, 0.25) is 21.7 Å². The Bertz CT molecular complexity index is 788. The lowest BCUT2D eigenvalue weighted by molar-refractivity contribution is -0.119. The Kier molecular flexibility index (Phi) is 5.07. The summed E-state index contributed by atoms with van der Waals surface area (Å²) in [6, 6.07) is 11.4.